The average molecular weight is 604 g/mol. The molecule has 0 fully saturated rings. The molecule has 0 spiro atoms. The number of nitrogens with one attached hydrogen (secondary N) is 2. The Morgan fingerprint density at radius 3 is 2.46 bits per heavy atom. The Bertz CT molecular complexity index is 1460. The molecule has 0 radical (unpaired) electrons. The minimum Gasteiger partial charge on any atom is -0.434 e. The molecule has 0 saturated heterocycles. The zero-order valence-electron chi connectivity index (χ0n) is 21.8. The number of hydrogen-bond acceptors (Lipinski definition) is 6. The monoisotopic (exact) mass is 603 g/mol. The topological polar surface area (TPSA) is 106 Å². The molecule has 2 N–H and O–H groups in total. The van der Waals surface area contributed by atoms with E-state index in [9.17, 15) is 23.2 Å². The molecular weight excluding hydrogens is 576 g/mol. The van der Waals surface area contributed by atoms with Crippen molar-refractivity contribution >= 4 is 33.7 Å². The molecule has 1 atom stereocenters. The first-order chi connectivity index (χ1) is 18.5. The van der Waals surface area contributed by atoms with Crippen LogP contribution in [0.3, 0.4) is 0 Å². The van der Waals surface area contributed by atoms with Crippen LogP contribution in [0.15, 0.2) is 51.7 Å². The summed E-state index contributed by atoms with van der Waals surface area (Å²) in [5.74, 6) is -0.711. The van der Waals surface area contributed by atoms with Gasteiger partial charge in [-0.05, 0) is 69.7 Å². The predicted octanol–water partition coefficient (Wildman–Crippen LogP) is 4.36. The standard InChI is InChI=1S/C27H28BrF2N5O4/c1-14(2)32-27-33-21-13-34(24(37)19-10-7-17(28)12-22(19)39-26(29)30)15(3)11-20(21)25(38)35(27)18-8-5-16(6-9-18)23(36)31-4/h5-10,12,14-15,26H,11,13H2,1-4H3,(H,31,36)(H,32,33)/t15-/m1/s1. The van der Waals surface area contributed by atoms with Crippen molar-refractivity contribution in [3.63, 3.8) is 0 Å². The van der Waals surface area contributed by atoms with Gasteiger partial charge in [0.1, 0.15) is 5.75 Å². The summed E-state index contributed by atoms with van der Waals surface area (Å²) in [7, 11) is 1.54. The lowest BCUT2D eigenvalue weighted by atomic mass is 9.98. The first-order valence-corrected chi connectivity index (χ1v) is 13.1. The smallest absolute Gasteiger partial charge is 0.387 e. The highest BCUT2D eigenvalue weighted by molar-refractivity contribution is 9.10. The third kappa shape index (κ3) is 5.95. The number of amides is 2. The van der Waals surface area contributed by atoms with Crippen LogP contribution in [0.1, 0.15) is 52.7 Å². The number of ether oxygens (including phenoxy) is 1. The fourth-order valence-electron chi connectivity index (χ4n) is 4.45. The van der Waals surface area contributed by atoms with Gasteiger partial charge in [0.2, 0.25) is 5.95 Å². The van der Waals surface area contributed by atoms with Crippen LogP contribution in [0.25, 0.3) is 5.69 Å². The van der Waals surface area contributed by atoms with Gasteiger partial charge in [-0.1, -0.05) is 15.9 Å². The van der Waals surface area contributed by atoms with Gasteiger partial charge in [-0.3, -0.25) is 14.4 Å². The number of fused-ring (bicyclic) bond motifs is 1. The van der Waals surface area contributed by atoms with E-state index < -0.39 is 18.6 Å². The summed E-state index contributed by atoms with van der Waals surface area (Å²) in [6, 6.07) is 10.4. The maximum Gasteiger partial charge on any atom is 0.387 e. The molecule has 2 amide bonds. The fourth-order valence-corrected chi connectivity index (χ4v) is 4.79. The number of halogens is 3. The Kier molecular flexibility index (Phi) is 8.34. The van der Waals surface area contributed by atoms with Crippen molar-refractivity contribution in [3.8, 4) is 11.4 Å². The average Bonchev–Trinajstić information content (AvgIpc) is 2.88. The lowest BCUT2D eigenvalue weighted by Crippen LogP contribution is -2.46. The van der Waals surface area contributed by atoms with Gasteiger partial charge in [-0.15, -0.1) is 0 Å². The molecule has 1 aromatic heterocycles. The number of carbonyl (C=O) groups is 2. The van der Waals surface area contributed by atoms with Gasteiger partial charge in [0.25, 0.3) is 17.4 Å². The predicted molar refractivity (Wildman–Crippen MR) is 146 cm³/mol. The number of anilines is 1. The van der Waals surface area contributed by atoms with Gasteiger partial charge in [0.15, 0.2) is 0 Å². The SMILES string of the molecule is CNC(=O)c1ccc(-n2c(NC(C)C)nc3c(c2=O)C[C@@H](C)N(C(=O)c2ccc(Br)cc2OC(F)F)C3)cc1. The van der Waals surface area contributed by atoms with Crippen LogP contribution in [0.4, 0.5) is 14.7 Å². The van der Waals surface area contributed by atoms with Gasteiger partial charge >= 0.3 is 6.61 Å². The highest BCUT2D eigenvalue weighted by atomic mass is 79.9. The van der Waals surface area contributed by atoms with E-state index in [0.29, 0.717) is 27.0 Å². The van der Waals surface area contributed by atoms with Crippen LogP contribution >= 0.6 is 15.9 Å². The van der Waals surface area contributed by atoms with E-state index in [0.717, 1.165) is 0 Å². The van der Waals surface area contributed by atoms with Crippen LogP contribution < -0.4 is 20.9 Å². The zero-order valence-corrected chi connectivity index (χ0v) is 23.4. The van der Waals surface area contributed by atoms with Gasteiger partial charge in [-0.25, -0.2) is 9.55 Å². The minimum absolute atomic E-state index is 0.0119. The molecular formula is C27H28BrF2N5O4. The third-order valence-electron chi connectivity index (χ3n) is 6.30. The number of benzene rings is 2. The van der Waals surface area contributed by atoms with Crippen LogP contribution in [-0.2, 0) is 13.0 Å². The van der Waals surface area contributed by atoms with Crippen LogP contribution in [0.5, 0.6) is 5.75 Å². The van der Waals surface area contributed by atoms with E-state index >= 15 is 0 Å². The minimum atomic E-state index is -3.10. The second-order valence-corrected chi connectivity index (χ2v) is 10.3. The third-order valence-corrected chi connectivity index (χ3v) is 6.79. The summed E-state index contributed by atoms with van der Waals surface area (Å²) in [6.45, 7) is 2.51. The first kappa shape index (κ1) is 28.2. The maximum absolute atomic E-state index is 13.8. The Morgan fingerprint density at radius 1 is 1.15 bits per heavy atom. The molecule has 1 aliphatic rings. The van der Waals surface area contributed by atoms with Crippen LogP contribution in [-0.4, -0.2) is 52.0 Å². The molecule has 9 nitrogen and oxygen atoms in total. The maximum atomic E-state index is 13.8. The Labute approximate surface area is 232 Å². The van der Waals surface area contributed by atoms with Gasteiger partial charge < -0.3 is 20.3 Å². The lowest BCUT2D eigenvalue weighted by molar-refractivity contribution is -0.0503. The molecule has 2 aromatic carbocycles. The molecule has 1 aliphatic heterocycles. The molecule has 3 aromatic rings. The number of aromatic nitrogens is 2. The fraction of sp³-hybridized carbons (Fsp3) is 0.333. The number of hydrogen-bond donors (Lipinski definition) is 2. The molecule has 2 heterocycles. The summed E-state index contributed by atoms with van der Waals surface area (Å²) in [5, 5.41) is 5.76. The Hall–Kier alpha value is -3.80. The highest BCUT2D eigenvalue weighted by Gasteiger charge is 2.33. The van der Waals surface area contributed by atoms with E-state index in [1.807, 2.05) is 13.8 Å². The van der Waals surface area contributed by atoms with Gasteiger partial charge in [-0.2, -0.15) is 8.78 Å². The van der Waals surface area contributed by atoms with Crippen LogP contribution in [0.2, 0.25) is 0 Å². The summed E-state index contributed by atoms with van der Waals surface area (Å²) in [6.07, 6.45) is 0.215. The van der Waals surface area contributed by atoms with Crippen molar-refractivity contribution in [2.75, 3.05) is 12.4 Å². The normalized spacial score (nSPS) is 14.8. The van der Waals surface area contributed by atoms with E-state index in [4.69, 9.17) is 4.98 Å². The van der Waals surface area contributed by atoms with Crippen molar-refractivity contribution < 1.29 is 23.1 Å². The quantitative estimate of drug-likeness (QED) is 0.416. The van der Waals surface area contributed by atoms with E-state index in [-0.39, 0.29) is 47.7 Å². The van der Waals surface area contributed by atoms with E-state index in [1.165, 1.54) is 28.6 Å². The molecule has 206 valence electrons. The van der Waals surface area contributed by atoms with Gasteiger partial charge in [0.05, 0.1) is 23.5 Å². The van der Waals surface area contributed by atoms with Gasteiger partial charge in [0, 0.05) is 34.7 Å². The molecule has 39 heavy (non-hydrogen) atoms. The molecule has 0 aliphatic carbocycles. The Morgan fingerprint density at radius 2 is 1.85 bits per heavy atom. The lowest BCUT2D eigenvalue weighted by Gasteiger charge is -2.35. The van der Waals surface area contributed by atoms with Crippen molar-refractivity contribution in [1.82, 2.24) is 19.8 Å². The number of nitrogens with zero attached hydrogens (tertiary/aromatic N) is 3. The summed E-state index contributed by atoms with van der Waals surface area (Å²) in [5.41, 5.74) is 1.54. The number of rotatable bonds is 7. The largest absolute Gasteiger partial charge is 0.434 e. The van der Waals surface area contributed by atoms with Crippen molar-refractivity contribution in [2.45, 2.75) is 52.4 Å². The zero-order chi connectivity index (χ0) is 28.4. The first-order valence-electron chi connectivity index (χ1n) is 12.3. The molecule has 0 bridgehead atoms. The van der Waals surface area contributed by atoms with Crippen molar-refractivity contribution in [3.05, 3.63) is 79.7 Å². The number of carbonyl (C=O) groups excluding carboxylic acids is 2. The molecule has 0 unspecified atom stereocenters. The van der Waals surface area contributed by atoms with E-state index in [2.05, 4.69) is 31.3 Å². The van der Waals surface area contributed by atoms with Crippen molar-refractivity contribution in [2.24, 2.45) is 0 Å². The summed E-state index contributed by atoms with van der Waals surface area (Å²) >= 11 is 3.22. The summed E-state index contributed by atoms with van der Waals surface area (Å²) in [4.78, 5) is 45.5. The molecule has 4 rings (SSSR count). The summed E-state index contributed by atoms with van der Waals surface area (Å²) < 4.78 is 32.6. The second-order valence-electron chi connectivity index (χ2n) is 9.43. The highest BCUT2D eigenvalue weighted by Crippen LogP contribution is 2.30. The van der Waals surface area contributed by atoms with Crippen molar-refractivity contribution in [1.29, 1.82) is 0 Å². The van der Waals surface area contributed by atoms with E-state index in [1.54, 1.807) is 37.3 Å². The molecule has 12 heteroatoms. The second kappa shape index (κ2) is 11.5. The number of alkyl halides is 2. The Balaban J connectivity index is 1.75. The van der Waals surface area contributed by atoms with Crippen LogP contribution in [0, 0.1) is 0 Å². The molecule has 0 saturated carbocycles.